The van der Waals surface area contributed by atoms with Crippen LogP contribution in [0.25, 0.3) is 0 Å². The third kappa shape index (κ3) is 8.15. The molecular weight excluding hydrogens is 776 g/mol. The van der Waals surface area contributed by atoms with Crippen LogP contribution in [-0.4, -0.2) is 84.5 Å². The molecule has 0 bridgehead atoms. The van der Waals surface area contributed by atoms with Gasteiger partial charge in [-0.3, -0.25) is 24.1 Å². The van der Waals surface area contributed by atoms with Crippen LogP contribution < -0.4 is 0 Å². The van der Waals surface area contributed by atoms with Crippen LogP contribution in [0.3, 0.4) is 0 Å². The topological polar surface area (TPSA) is 113 Å². The molecule has 9 atom stereocenters. The molecule has 10 heteroatoms. The van der Waals surface area contributed by atoms with Crippen LogP contribution in [0.15, 0.2) is 35.4 Å². The fourth-order valence-corrected chi connectivity index (χ4v) is 14.2. The maximum Gasteiger partial charge on any atom is 0.309 e. The predicted molar refractivity (Wildman–Crippen MR) is 236 cm³/mol. The van der Waals surface area contributed by atoms with Gasteiger partial charge in [0.15, 0.2) is 5.78 Å². The van der Waals surface area contributed by atoms with Gasteiger partial charge in [0.2, 0.25) is 0 Å². The minimum atomic E-state index is -1.18. The van der Waals surface area contributed by atoms with E-state index >= 15 is 0 Å². The van der Waals surface area contributed by atoms with Crippen molar-refractivity contribution in [1.29, 1.82) is 0 Å². The molecule has 5 aliphatic rings. The maximum atomic E-state index is 14.6. The van der Waals surface area contributed by atoms with Gasteiger partial charge in [-0.25, -0.2) is 0 Å². The standard InChI is InChI=1S/C50H75ClN2O7/c1-31(2)42-36(55)27-50(40(59-32(3)54)30-53(26-25-52(11)12)29-33-13-15-34(51)16-14-33)24-23-48(9)35(43(42)50)17-18-38-47(8)21-20-39(60-41(56)28-45(4,5)44(57)58)46(6,7)37(47)19-22-49(38,48)10/h13-16,31,35,37-40H,17-30H2,1-12H3,(H,57,58)/t35-,37+,38-,39+,40-,47+,48-,49-,50+/m1/s1. The summed E-state index contributed by atoms with van der Waals surface area (Å²) in [5.41, 5.74) is 1.36. The zero-order chi connectivity index (χ0) is 44.4. The SMILES string of the molecule is CC(=O)O[C@H](CN(CCN(C)C)Cc1ccc(Cl)cc1)[C@@]12CC[C@]3(C)[C@H](CC[C@@H]4[C@@]5(C)CC[C@H](OC(=O)CC(C)(C)C(=O)O)C(C)(C)[C@@H]5CC[C@]43C)C1=C(C(C)C)C(=O)C2. The summed E-state index contributed by atoms with van der Waals surface area (Å²) in [5.74, 6) is -0.457. The molecule has 4 fully saturated rings. The van der Waals surface area contributed by atoms with E-state index in [1.54, 1.807) is 13.8 Å². The van der Waals surface area contributed by atoms with Gasteiger partial charge in [-0.05, 0) is 148 Å². The Labute approximate surface area is 365 Å². The number of allylic oxidation sites excluding steroid dienone is 1. The summed E-state index contributed by atoms with van der Waals surface area (Å²) in [7, 11) is 4.15. The highest BCUT2D eigenvalue weighted by molar-refractivity contribution is 6.30. The van der Waals surface area contributed by atoms with Gasteiger partial charge < -0.3 is 19.5 Å². The average Bonchev–Trinajstić information content (AvgIpc) is 3.45. The van der Waals surface area contributed by atoms with E-state index in [1.807, 2.05) is 12.1 Å². The maximum absolute atomic E-state index is 14.6. The zero-order valence-electron chi connectivity index (χ0n) is 38.8. The summed E-state index contributed by atoms with van der Waals surface area (Å²) in [4.78, 5) is 57.4. The number of carbonyl (C=O) groups is 4. The van der Waals surface area contributed by atoms with Crippen LogP contribution in [0, 0.1) is 56.2 Å². The number of esters is 2. The molecule has 9 nitrogen and oxygen atoms in total. The van der Waals surface area contributed by atoms with Crippen molar-refractivity contribution in [3.05, 3.63) is 46.0 Å². The second kappa shape index (κ2) is 16.7. The van der Waals surface area contributed by atoms with Crippen molar-refractivity contribution in [3.8, 4) is 0 Å². The summed E-state index contributed by atoms with van der Waals surface area (Å²) in [5, 5.41) is 10.4. The van der Waals surface area contributed by atoms with E-state index in [1.165, 1.54) is 12.5 Å². The van der Waals surface area contributed by atoms with E-state index in [-0.39, 0.29) is 57.8 Å². The van der Waals surface area contributed by atoms with Gasteiger partial charge in [0.1, 0.15) is 12.2 Å². The van der Waals surface area contributed by atoms with Gasteiger partial charge in [0.05, 0.1) is 11.8 Å². The molecule has 1 N–H and O–H groups in total. The number of rotatable bonds is 14. The molecule has 0 amide bonds. The summed E-state index contributed by atoms with van der Waals surface area (Å²) in [6, 6.07) is 7.98. The number of carbonyl (C=O) groups excluding carboxylic acids is 3. The van der Waals surface area contributed by atoms with Gasteiger partial charge in [-0.15, -0.1) is 0 Å². The molecular formula is C50H75ClN2O7. The van der Waals surface area contributed by atoms with Crippen LogP contribution in [-0.2, 0) is 35.2 Å². The molecule has 4 saturated carbocycles. The van der Waals surface area contributed by atoms with E-state index in [2.05, 4.69) is 84.5 Å². The van der Waals surface area contributed by atoms with Crippen molar-refractivity contribution >= 4 is 35.3 Å². The lowest BCUT2D eigenvalue weighted by molar-refractivity contribution is -0.235. The van der Waals surface area contributed by atoms with Crippen molar-refractivity contribution in [2.45, 2.75) is 152 Å². The largest absolute Gasteiger partial charge is 0.481 e. The number of ether oxygens (including phenoxy) is 2. The smallest absolute Gasteiger partial charge is 0.309 e. The molecule has 0 aliphatic heterocycles. The van der Waals surface area contributed by atoms with E-state index in [0.717, 1.165) is 75.6 Å². The van der Waals surface area contributed by atoms with Crippen LogP contribution in [0.1, 0.15) is 139 Å². The third-order valence-electron chi connectivity index (χ3n) is 17.4. The lowest BCUT2D eigenvalue weighted by Gasteiger charge is -2.72. The van der Waals surface area contributed by atoms with Gasteiger partial charge in [0, 0.05) is 55.4 Å². The summed E-state index contributed by atoms with van der Waals surface area (Å²) in [6.45, 7) is 24.0. The van der Waals surface area contributed by atoms with Crippen molar-refractivity contribution in [2.75, 3.05) is 33.7 Å². The Morgan fingerprint density at radius 3 is 2.17 bits per heavy atom. The van der Waals surface area contributed by atoms with Crippen molar-refractivity contribution in [1.82, 2.24) is 9.80 Å². The minimum absolute atomic E-state index is 0.00240. The highest BCUT2D eigenvalue weighted by Gasteiger charge is 2.71. The van der Waals surface area contributed by atoms with E-state index in [0.29, 0.717) is 36.4 Å². The number of aliphatic carboxylic acids is 1. The lowest BCUT2D eigenvalue weighted by Crippen LogP contribution is -2.66. The Balaban J connectivity index is 1.33. The normalized spacial score (nSPS) is 34.2. The predicted octanol–water partition coefficient (Wildman–Crippen LogP) is 10.0. The highest BCUT2D eigenvalue weighted by Crippen LogP contribution is 2.77. The molecule has 0 aromatic heterocycles. The number of hydrogen-bond acceptors (Lipinski definition) is 8. The number of nitrogens with zero attached hydrogens (tertiary/aromatic N) is 2. The van der Waals surface area contributed by atoms with Crippen LogP contribution in [0.2, 0.25) is 5.02 Å². The third-order valence-corrected chi connectivity index (χ3v) is 17.6. The number of halogens is 1. The molecule has 0 radical (unpaired) electrons. The van der Waals surface area contributed by atoms with Crippen molar-refractivity contribution in [3.63, 3.8) is 0 Å². The quantitative estimate of drug-likeness (QED) is 0.183. The first-order valence-electron chi connectivity index (χ1n) is 22.8. The molecule has 0 saturated heterocycles. The fourth-order valence-electron chi connectivity index (χ4n) is 14.1. The number of hydrogen-bond donors (Lipinski definition) is 1. The Kier molecular flexibility index (Phi) is 13.0. The molecule has 1 aromatic rings. The number of likely N-dealkylation sites (N-methyl/N-ethyl adjacent to an activating group) is 1. The first-order valence-corrected chi connectivity index (χ1v) is 23.2. The van der Waals surface area contributed by atoms with Crippen LogP contribution in [0.4, 0.5) is 0 Å². The molecule has 0 heterocycles. The van der Waals surface area contributed by atoms with Gasteiger partial charge in [0.25, 0.3) is 0 Å². The Morgan fingerprint density at radius 2 is 1.57 bits per heavy atom. The molecule has 334 valence electrons. The summed E-state index contributed by atoms with van der Waals surface area (Å²) >= 11 is 6.28. The Morgan fingerprint density at radius 1 is 0.900 bits per heavy atom. The second-order valence-electron chi connectivity index (χ2n) is 22.3. The molecule has 5 aliphatic carbocycles. The van der Waals surface area contributed by atoms with Gasteiger partial charge in [-0.1, -0.05) is 72.2 Å². The van der Waals surface area contributed by atoms with Crippen molar-refractivity contribution < 1.29 is 33.8 Å². The molecule has 6 rings (SSSR count). The van der Waals surface area contributed by atoms with Gasteiger partial charge >= 0.3 is 17.9 Å². The number of carboxylic acid groups (broad SMARTS) is 1. The van der Waals surface area contributed by atoms with Crippen LogP contribution >= 0.6 is 11.6 Å². The van der Waals surface area contributed by atoms with Gasteiger partial charge in [-0.2, -0.15) is 0 Å². The minimum Gasteiger partial charge on any atom is -0.481 e. The number of benzene rings is 1. The Hall–Kier alpha value is -2.75. The van der Waals surface area contributed by atoms with E-state index in [4.69, 9.17) is 21.1 Å². The number of fused-ring (bicyclic) bond motifs is 7. The summed E-state index contributed by atoms with van der Waals surface area (Å²) in [6.07, 6.45) is 7.11. The highest BCUT2D eigenvalue weighted by atomic mass is 35.5. The number of ketones is 1. The Bertz CT molecular complexity index is 1850. The molecule has 1 aromatic carbocycles. The molecule has 0 unspecified atom stereocenters. The van der Waals surface area contributed by atoms with Crippen molar-refractivity contribution in [2.24, 2.45) is 56.2 Å². The molecule has 60 heavy (non-hydrogen) atoms. The summed E-state index contributed by atoms with van der Waals surface area (Å²) < 4.78 is 12.7. The number of carboxylic acids is 1. The monoisotopic (exact) mass is 851 g/mol. The molecule has 0 spiro atoms. The lowest BCUT2D eigenvalue weighted by atomic mass is 9.33. The van der Waals surface area contributed by atoms with E-state index in [9.17, 15) is 24.3 Å². The first kappa shape index (κ1) is 46.7. The van der Waals surface area contributed by atoms with Crippen LogP contribution in [0.5, 0.6) is 0 Å². The number of Topliss-reactive ketones (excluding diaryl/α,β-unsaturated/α-hetero) is 1. The second-order valence-corrected chi connectivity index (χ2v) is 22.8. The zero-order valence-corrected chi connectivity index (χ0v) is 39.6. The first-order chi connectivity index (χ1) is 27.8. The van der Waals surface area contributed by atoms with E-state index < -0.39 is 28.9 Å². The average molecular weight is 852 g/mol. The fraction of sp³-hybridized carbons (Fsp3) is 0.760.